The van der Waals surface area contributed by atoms with Crippen LogP contribution in [0.15, 0.2) is 53.3 Å². The summed E-state index contributed by atoms with van der Waals surface area (Å²) in [6, 6.07) is 13.7. The molecule has 6 nitrogen and oxygen atoms in total. The third kappa shape index (κ3) is 3.46. The minimum absolute atomic E-state index is 0.152. The lowest BCUT2D eigenvalue weighted by Crippen LogP contribution is -2.16. The van der Waals surface area contributed by atoms with E-state index < -0.39 is 11.6 Å². The maximum absolute atomic E-state index is 14.3. The lowest BCUT2D eigenvalue weighted by Gasteiger charge is -2.07. The van der Waals surface area contributed by atoms with Gasteiger partial charge in [-0.05, 0) is 36.8 Å². The van der Waals surface area contributed by atoms with E-state index in [1.165, 1.54) is 16.6 Å². The number of nitriles is 1. The summed E-state index contributed by atoms with van der Waals surface area (Å²) in [5, 5.41) is 14.8. The summed E-state index contributed by atoms with van der Waals surface area (Å²) in [7, 11) is 0. The van der Waals surface area contributed by atoms with Crippen LogP contribution >= 0.6 is 0 Å². The summed E-state index contributed by atoms with van der Waals surface area (Å²) in [5.41, 5.74) is 2.41. The number of anilines is 1. The summed E-state index contributed by atoms with van der Waals surface area (Å²) >= 11 is 0. The fourth-order valence-electron chi connectivity index (χ4n) is 3.14. The van der Waals surface area contributed by atoms with Crippen molar-refractivity contribution in [3.8, 4) is 17.2 Å². The number of rotatable bonds is 4. The molecule has 4 rings (SSSR count). The highest BCUT2D eigenvalue weighted by molar-refractivity contribution is 5.80. The second-order valence-corrected chi connectivity index (χ2v) is 6.54. The molecule has 0 saturated carbocycles. The zero-order chi connectivity index (χ0) is 20.5. The highest BCUT2D eigenvalue weighted by Gasteiger charge is 2.18. The van der Waals surface area contributed by atoms with Crippen LogP contribution in [0.2, 0.25) is 0 Å². The van der Waals surface area contributed by atoms with Crippen LogP contribution in [0.5, 0.6) is 0 Å². The van der Waals surface area contributed by atoms with Crippen LogP contribution in [0, 0.1) is 29.9 Å². The van der Waals surface area contributed by atoms with Crippen molar-refractivity contribution in [1.82, 2.24) is 14.6 Å². The Morgan fingerprint density at radius 1 is 1.17 bits per heavy atom. The Hall–Kier alpha value is -3.99. The van der Waals surface area contributed by atoms with Crippen LogP contribution < -0.4 is 10.9 Å². The SMILES string of the molecule is Cc1[nH]n2c(=O)cc(NCc3ccc(C#N)cc3)nc2c1-c1ccc(F)cc1F. The summed E-state index contributed by atoms with van der Waals surface area (Å²) in [6.07, 6.45) is 0. The largest absolute Gasteiger partial charge is 0.366 e. The molecular formula is C21H15F2N5O. The Kier molecular flexibility index (Phi) is 4.56. The van der Waals surface area contributed by atoms with Gasteiger partial charge in [-0.3, -0.25) is 9.89 Å². The molecule has 144 valence electrons. The highest BCUT2D eigenvalue weighted by Crippen LogP contribution is 2.29. The number of aromatic amines is 1. The number of benzene rings is 2. The Balaban J connectivity index is 1.73. The average molecular weight is 391 g/mol. The van der Waals surface area contributed by atoms with Gasteiger partial charge < -0.3 is 5.32 Å². The molecule has 2 N–H and O–H groups in total. The summed E-state index contributed by atoms with van der Waals surface area (Å²) < 4.78 is 28.9. The van der Waals surface area contributed by atoms with Crippen molar-refractivity contribution in [3.63, 3.8) is 0 Å². The molecule has 0 spiro atoms. The smallest absolute Gasteiger partial charge is 0.274 e. The molecule has 29 heavy (non-hydrogen) atoms. The van der Waals surface area contributed by atoms with Gasteiger partial charge in [0.25, 0.3) is 5.56 Å². The first kappa shape index (κ1) is 18.4. The van der Waals surface area contributed by atoms with E-state index in [1.54, 1.807) is 31.2 Å². The van der Waals surface area contributed by atoms with E-state index >= 15 is 0 Å². The number of aromatic nitrogens is 3. The monoisotopic (exact) mass is 391 g/mol. The Morgan fingerprint density at radius 3 is 2.62 bits per heavy atom. The second kappa shape index (κ2) is 7.20. The average Bonchev–Trinajstić information content (AvgIpc) is 3.03. The van der Waals surface area contributed by atoms with Gasteiger partial charge in [-0.25, -0.2) is 18.3 Å². The molecule has 4 aromatic rings. The van der Waals surface area contributed by atoms with Crippen molar-refractivity contribution in [2.24, 2.45) is 0 Å². The van der Waals surface area contributed by atoms with Gasteiger partial charge >= 0.3 is 0 Å². The van der Waals surface area contributed by atoms with Crippen LogP contribution in [0.25, 0.3) is 16.8 Å². The number of halogens is 2. The molecule has 2 aromatic heterocycles. The number of hydrogen-bond acceptors (Lipinski definition) is 4. The molecule has 0 bridgehead atoms. The number of nitrogens with one attached hydrogen (secondary N) is 2. The van der Waals surface area contributed by atoms with Gasteiger partial charge in [0.05, 0.1) is 17.2 Å². The molecule has 0 amide bonds. The Labute approximate surface area is 164 Å². The Morgan fingerprint density at radius 2 is 1.93 bits per heavy atom. The van der Waals surface area contributed by atoms with Gasteiger partial charge in [0, 0.05) is 29.9 Å². The van der Waals surface area contributed by atoms with E-state index in [2.05, 4.69) is 21.5 Å². The van der Waals surface area contributed by atoms with Crippen LogP contribution in [-0.2, 0) is 6.54 Å². The van der Waals surface area contributed by atoms with Crippen molar-refractivity contribution >= 4 is 11.5 Å². The van der Waals surface area contributed by atoms with E-state index in [0.29, 0.717) is 29.2 Å². The zero-order valence-corrected chi connectivity index (χ0v) is 15.3. The van der Waals surface area contributed by atoms with Crippen LogP contribution in [-0.4, -0.2) is 14.6 Å². The molecule has 8 heteroatoms. The topological polar surface area (TPSA) is 86.0 Å². The fourth-order valence-corrected chi connectivity index (χ4v) is 3.14. The number of H-pyrrole nitrogens is 1. The molecule has 0 aliphatic rings. The van der Waals surface area contributed by atoms with Gasteiger partial charge in [0.2, 0.25) is 0 Å². The molecule has 0 unspecified atom stereocenters. The van der Waals surface area contributed by atoms with Crippen LogP contribution in [0.1, 0.15) is 16.8 Å². The van der Waals surface area contributed by atoms with Crippen molar-refractivity contribution < 1.29 is 8.78 Å². The molecule has 0 saturated heterocycles. The first-order valence-corrected chi connectivity index (χ1v) is 8.77. The van der Waals surface area contributed by atoms with Gasteiger partial charge in [-0.2, -0.15) is 5.26 Å². The number of fused-ring (bicyclic) bond motifs is 1. The highest BCUT2D eigenvalue weighted by atomic mass is 19.1. The van der Waals surface area contributed by atoms with Crippen molar-refractivity contribution in [2.45, 2.75) is 13.5 Å². The van der Waals surface area contributed by atoms with E-state index in [0.717, 1.165) is 17.7 Å². The van der Waals surface area contributed by atoms with E-state index in [1.807, 2.05) is 0 Å². The van der Waals surface area contributed by atoms with E-state index in [9.17, 15) is 13.6 Å². The minimum Gasteiger partial charge on any atom is -0.366 e. The molecule has 0 radical (unpaired) electrons. The fraction of sp³-hybridized carbons (Fsp3) is 0.0952. The van der Waals surface area contributed by atoms with E-state index in [-0.39, 0.29) is 16.8 Å². The second-order valence-electron chi connectivity index (χ2n) is 6.54. The molecular weight excluding hydrogens is 376 g/mol. The number of hydrogen-bond donors (Lipinski definition) is 2. The maximum Gasteiger partial charge on any atom is 0.274 e. The van der Waals surface area contributed by atoms with Crippen LogP contribution in [0.3, 0.4) is 0 Å². The van der Waals surface area contributed by atoms with Gasteiger partial charge in [0.15, 0.2) is 5.65 Å². The number of aryl methyl sites for hydroxylation is 1. The molecule has 2 heterocycles. The van der Waals surface area contributed by atoms with Gasteiger partial charge in [0.1, 0.15) is 17.5 Å². The Bertz CT molecular complexity index is 1320. The quantitative estimate of drug-likeness (QED) is 0.555. The van der Waals surface area contributed by atoms with Crippen LogP contribution in [0.4, 0.5) is 14.6 Å². The predicted molar refractivity (Wildman–Crippen MR) is 104 cm³/mol. The summed E-state index contributed by atoms with van der Waals surface area (Å²) in [4.78, 5) is 16.9. The van der Waals surface area contributed by atoms with E-state index in [4.69, 9.17) is 5.26 Å². The number of nitrogens with zero attached hydrogens (tertiary/aromatic N) is 3. The lowest BCUT2D eigenvalue weighted by molar-refractivity contribution is 0.585. The van der Waals surface area contributed by atoms with Crippen molar-refractivity contribution in [3.05, 3.63) is 87.3 Å². The molecule has 0 aliphatic carbocycles. The third-order valence-electron chi connectivity index (χ3n) is 4.55. The summed E-state index contributed by atoms with van der Waals surface area (Å²) in [5.74, 6) is -1.10. The standard InChI is InChI=1S/C21H15F2N5O/c1-12-20(16-7-6-15(22)8-17(16)23)21-26-18(9-19(29)28(21)27-12)25-11-14-4-2-13(10-24)3-5-14/h2-9,25,27H,11H2,1H3. The normalized spacial score (nSPS) is 10.8. The predicted octanol–water partition coefficient (Wildman–Crippen LogP) is 3.76. The lowest BCUT2D eigenvalue weighted by atomic mass is 10.1. The van der Waals surface area contributed by atoms with Crippen molar-refractivity contribution in [1.29, 1.82) is 5.26 Å². The molecule has 0 atom stereocenters. The van der Waals surface area contributed by atoms with Crippen molar-refractivity contribution in [2.75, 3.05) is 5.32 Å². The first-order chi connectivity index (χ1) is 14.0. The molecule has 0 aliphatic heterocycles. The zero-order valence-electron chi connectivity index (χ0n) is 15.3. The molecule has 0 fully saturated rings. The van der Waals surface area contributed by atoms with Gasteiger partial charge in [-0.15, -0.1) is 0 Å². The first-order valence-electron chi connectivity index (χ1n) is 8.77. The van der Waals surface area contributed by atoms with Gasteiger partial charge in [-0.1, -0.05) is 12.1 Å². The maximum atomic E-state index is 14.3. The molecule has 2 aromatic carbocycles. The minimum atomic E-state index is -0.736. The third-order valence-corrected chi connectivity index (χ3v) is 4.55. The summed E-state index contributed by atoms with van der Waals surface area (Å²) in [6.45, 7) is 2.08.